The zero-order chi connectivity index (χ0) is 15.9. The van der Waals surface area contributed by atoms with Gasteiger partial charge in [-0.15, -0.1) is 0 Å². The van der Waals surface area contributed by atoms with E-state index in [4.69, 9.17) is 0 Å². The van der Waals surface area contributed by atoms with Crippen LogP contribution in [-0.2, 0) is 0 Å². The fraction of sp³-hybridized carbons (Fsp3) is 0.357. The number of nitrogens with one attached hydrogen (secondary N) is 2. The van der Waals surface area contributed by atoms with Gasteiger partial charge in [-0.1, -0.05) is 19.4 Å². The second-order valence-corrected chi connectivity index (χ2v) is 4.80. The molecule has 0 radical (unpaired) electrons. The highest BCUT2D eigenvalue weighted by molar-refractivity contribution is 5.72. The summed E-state index contributed by atoms with van der Waals surface area (Å²) in [5, 5.41) is 17.2. The van der Waals surface area contributed by atoms with Crippen molar-refractivity contribution in [1.82, 2.24) is 15.0 Å². The van der Waals surface area contributed by atoms with Crippen molar-refractivity contribution < 1.29 is 4.92 Å². The van der Waals surface area contributed by atoms with Gasteiger partial charge in [0.2, 0.25) is 11.6 Å². The molecule has 22 heavy (non-hydrogen) atoms. The van der Waals surface area contributed by atoms with Gasteiger partial charge in [0.05, 0.1) is 4.92 Å². The Morgan fingerprint density at radius 1 is 1.23 bits per heavy atom. The van der Waals surface area contributed by atoms with Gasteiger partial charge in [0.1, 0.15) is 12.1 Å². The lowest BCUT2D eigenvalue weighted by Gasteiger charge is -2.09. The van der Waals surface area contributed by atoms with Crippen LogP contribution in [-0.4, -0.2) is 26.4 Å². The molecule has 2 aromatic rings. The van der Waals surface area contributed by atoms with Crippen molar-refractivity contribution in [3.8, 4) is 0 Å². The zero-order valence-corrected chi connectivity index (χ0v) is 12.5. The number of aromatic nitrogens is 3. The van der Waals surface area contributed by atoms with Gasteiger partial charge in [-0.3, -0.25) is 10.1 Å². The maximum atomic E-state index is 11.3. The Hall–Kier alpha value is -2.77. The summed E-state index contributed by atoms with van der Waals surface area (Å²) in [4.78, 5) is 22.9. The van der Waals surface area contributed by atoms with Gasteiger partial charge in [-0.05, 0) is 25.0 Å². The Morgan fingerprint density at radius 3 is 2.64 bits per heavy atom. The smallest absolute Gasteiger partial charge is 0.353 e. The highest BCUT2D eigenvalue weighted by Crippen LogP contribution is 2.30. The van der Waals surface area contributed by atoms with Crippen LogP contribution < -0.4 is 10.6 Å². The number of pyridine rings is 1. The summed E-state index contributed by atoms with van der Waals surface area (Å²) in [5.41, 5.74) is 0.825. The molecule has 0 saturated carbocycles. The molecule has 2 N–H and O–H groups in total. The third-order valence-corrected chi connectivity index (χ3v) is 2.99. The molecule has 8 heteroatoms. The van der Waals surface area contributed by atoms with Gasteiger partial charge in [0.15, 0.2) is 0 Å². The van der Waals surface area contributed by atoms with Crippen molar-refractivity contribution in [1.29, 1.82) is 0 Å². The minimum Gasteiger partial charge on any atom is -0.364 e. The lowest BCUT2D eigenvalue weighted by atomic mass is 10.3. The molecular weight excluding hydrogens is 284 g/mol. The van der Waals surface area contributed by atoms with E-state index in [2.05, 4.69) is 25.6 Å². The molecule has 0 spiro atoms. The first-order valence-electron chi connectivity index (χ1n) is 7.04. The average Bonchev–Trinajstić information content (AvgIpc) is 2.50. The fourth-order valence-electron chi connectivity index (χ4n) is 1.82. The molecule has 2 rings (SSSR count). The Labute approximate surface area is 128 Å². The Kier molecular flexibility index (Phi) is 5.18. The molecule has 0 aliphatic carbocycles. The van der Waals surface area contributed by atoms with Crippen LogP contribution in [0, 0.1) is 17.0 Å². The van der Waals surface area contributed by atoms with Gasteiger partial charge in [-0.25, -0.2) is 15.0 Å². The third kappa shape index (κ3) is 3.87. The van der Waals surface area contributed by atoms with Crippen LogP contribution in [0.4, 0.5) is 23.1 Å². The van der Waals surface area contributed by atoms with E-state index in [0.717, 1.165) is 18.4 Å². The van der Waals surface area contributed by atoms with E-state index in [9.17, 15) is 10.1 Å². The highest BCUT2D eigenvalue weighted by atomic mass is 16.6. The van der Waals surface area contributed by atoms with Gasteiger partial charge in [-0.2, -0.15) is 0 Å². The van der Waals surface area contributed by atoms with Crippen LogP contribution in [0.15, 0.2) is 24.7 Å². The highest BCUT2D eigenvalue weighted by Gasteiger charge is 2.23. The average molecular weight is 302 g/mol. The van der Waals surface area contributed by atoms with E-state index in [-0.39, 0.29) is 17.3 Å². The SMILES string of the molecule is CCCCNc1ncnc(Nc2ccc(C)cn2)c1[N+](=O)[O-]. The molecule has 0 aliphatic heterocycles. The van der Waals surface area contributed by atoms with Crippen LogP contribution >= 0.6 is 0 Å². The quantitative estimate of drug-likeness (QED) is 0.460. The monoisotopic (exact) mass is 302 g/mol. The maximum Gasteiger partial charge on any atom is 0.353 e. The predicted octanol–water partition coefficient (Wildman–Crippen LogP) is 3.04. The lowest BCUT2D eigenvalue weighted by molar-refractivity contribution is -0.383. The molecule has 8 nitrogen and oxygen atoms in total. The second-order valence-electron chi connectivity index (χ2n) is 4.80. The van der Waals surface area contributed by atoms with E-state index in [1.807, 2.05) is 19.9 Å². The number of nitro groups is 1. The molecule has 0 aromatic carbocycles. The van der Waals surface area contributed by atoms with Crippen LogP contribution in [0.25, 0.3) is 0 Å². The normalized spacial score (nSPS) is 10.3. The number of aryl methyl sites for hydroxylation is 1. The van der Waals surface area contributed by atoms with Crippen LogP contribution in [0.1, 0.15) is 25.3 Å². The molecule has 116 valence electrons. The fourth-order valence-corrected chi connectivity index (χ4v) is 1.82. The summed E-state index contributed by atoms with van der Waals surface area (Å²) < 4.78 is 0. The summed E-state index contributed by atoms with van der Waals surface area (Å²) in [6, 6.07) is 3.61. The summed E-state index contributed by atoms with van der Waals surface area (Å²) in [6.45, 7) is 4.59. The topological polar surface area (TPSA) is 106 Å². The van der Waals surface area contributed by atoms with E-state index in [1.54, 1.807) is 12.3 Å². The molecule has 0 atom stereocenters. The van der Waals surface area contributed by atoms with Gasteiger partial charge in [0.25, 0.3) is 0 Å². The molecule has 2 aromatic heterocycles. The minimum atomic E-state index is -0.495. The summed E-state index contributed by atoms with van der Waals surface area (Å²) in [5.74, 6) is 0.824. The van der Waals surface area contributed by atoms with Gasteiger partial charge in [0, 0.05) is 12.7 Å². The van der Waals surface area contributed by atoms with Crippen molar-refractivity contribution in [3.63, 3.8) is 0 Å². The largest absolute Gasteiger partial charge is 0.364 e. The maximum absolute atomic E-state index is 11.3. The van der Waals surface area contributed by atoms with Crippen molar-refractivity contribution >= 4 is 23.1 Å². The van der Waals surface area contributed by atoms with E-state index in [1.165, 1.54) is 6.33 Å². The number of rotatable bonds is 7. The van der Waals surface area contributed by atoms with E-state index < -0.39 is 4.92 Å². The van der Waals surface area contributed by atoms with Crippen LogP contribution in [0.3, 0.4) is 0 Å². The summed E-state index contributed by atoms with van der Waals surface area (Å²) in [6.07, 6.45) is 4.86. The number of hydrogen-bond acceptors (Lipinski definition) is 7. The van der Waals surface area contributed by atoms with Crippen molar-refractivity contribution in [2.24, 2.45) is 0 Å². The second kappa shape index (κ2) is 7.30. The summed E-state index contributed by atoms with van der Waals surface area (Å²) >= 11 is 0. The molecule has 0 saturated heterocycles. The van der Waals surface area contributed by atoms with Crippen LogP contribution in [0.5, 0.6) is 0 Å². The van der Waals surface area contributed by atoms with Gasteiger partial charge < -0.3 is 10.6 Å². The predicted molar refractivity (Wildman–Crippen MR) is 84.3 cm³/mol. The molecular formula is C14H18N6O2. The van der Waals surface area contributed by atoms with Crippen molar-refractivity contribution in [2.75, 3.05) is 17.2 Å². The van der Waals surface area contributed by atoms with E-state index >= 15 is 0 Å². The Bertz CT molecular complexity index is 644. The Morgan fingerprint density at radius 2 is 2.00 bits per heavy atom. The third-order valence-electron chi connectivity index (χ3n) is 2.99. The molecule has 2 heterocycles. The zero-order valence-electron chi connectivity index (χ0n) is 12.5. The summed E-state index contributed by atoms with van der Waals surface area (Å²) in [7, 11) is 0. The van der Waals surface area contributed by atoms with E-state index in [0.29, 0.717) is 12.4 Å². The van der Waals surface area contributed by atoms with Crippen molar-refractivity contribution in [3.05, 3.63) is 40.3 Å². The first kappa shape index (κ1) is 15.6. The van der Waals surface area contributed by atoms with Crippen molar-refractivity contribution in [2.45, 2.75) is 26.7 Å². The first-order valence-corrected chi connectivity index (χ1v) is 7.04. The number of nitrogens with zero attached hydrogens (tertiary/aromatic N) is 4. The molecule has 0 bridgehead atoms. The Balaban J connectivity index is 2.27. The molecule has 0 amide bonds. The van der Waals surface area contributed by atoms with Crippen LogP contribution in [0.2, 0.25) is 0 Å². The molecule has 0 unspecified atom stereocenters. The minimum absolute atomic E-state index is 0.121. The standard InChI is InChI=1S/C14H18N6O2/c1-3-4-7-15-13-12(20(21)22)14(18-9-17-13)19-11-6-5-10(2)8-16-11/h5-6,8-9H,3-4,7H2,1-2H3,(H2,15,16,17,18,19). The number of unbranched alkanes of at least 4 members (excludes halogenated alkanes) is 1. The number of hydrogen-bond donors (Lipinski definition) is 2. The van der Waals surface area contributed by atoms with Gasteiger partial charge >= 0.3 is 5.69 Å². The number of anilines is 3. The first-order chi connectivity index (χ1) is 10.6. The molecule has 0 fully saturated rings. The molecule has 0 aliphatic rings. The lowest BCUT2D eigenvalue weighted by Crippen LogP contribution is -2.09.